The molecule has 1 aliphatic rings. The number of nitrogens with zero attached hydrogens (tertiary/aromatic N) is 4. The van der Waals surface area contributed by atoms with Crippen LogP contribution in [0.5, 0.6) is 0 Å². The molecular formula is C14H21N5S. The summed E-state index contributed by atoms with van der Waals surface area (Å²) >= 11 is 1.69. The van der Waals surface area contributed by atoms with E-state index >= 15 is 0 Å². The van der Waals surface area contributed by atoms with Crippen molar-refractivity contribution >= 4 is 11.3 Å². The molecule has 2 N–H and O–H groups in total. The summed E-state index contributed by atoms with van der Waals surface area (Å²) in [6.07, 6.45) is 6.42. The highest BCUT2D eigenvalue weighted by molar-refractivity contribution is 7.09. The van der Waals surface area contributed by atoms with Gasteiger partial charge in [-0.05, 0) is 26.8 Å². The molecule has 5 nitrogen and oxygen atoms in total. The summed E-state index contributed by atoms with van der Waals surface area (Å²) in [6, 6.07) is 0.830. The third kappa shape index (κ3) is 2.77. The second kappa shape index (κ2) is 5.63. The number of rotatable bonds is 6. The van der Waals surface area contributed by atoms with Gasteiger partial charge < -0.3 is 10.3 Å². The molecule has 0 saturated heterocycles. The lowest BCUT2D eigenvalue weighted by Crippen LogP contribution is -2.31. The van der Waals surface area contributed by atoms with Crippen molar-refractivity contribution in [1.82, 2.24) is 19.4 Å². The maximum Gasteiger partial charge on any atom is 0.0951 e. The van der Waals surface area contributed by atoms with Gasteiger partial charge in [0, 0.05) is 30.7 Å². The summed E-state index contributed by atoms with van der Waals surface area (Å²) in [5.74, 6) is 0. The van der Waals surface area contributed by atoms with Crippen molar-refractivity contribution in [3.63, 3.8) is 0 Å². The maximum atomic E-state index is 6.01. The molecule has 6 heteroatoms. The highest BCUT2D eigenvalue weighted by Gasteiger charge is 2.29. The lowest BCUT2D eigenvalue weighted by atomic mass is 10.2. The molecule has 2 heterocycles. The van der Waals surface area contributed by atoms with Gasteiger partial charge in [-0.2, -0.15) is 0 Å². The zero-order chi connectivity index (χ0) is 14.1. The van der Waals surface area contributed by atoms with Crippen molar-refractivity contribution < 1.29 is 0 Å². The Morgan fingerprint density at radius 2 is 2.35 bits per heavy atom. The van der Waals surface area contributed by atoms with Crippen LogP contribution in [0.2, 0.25) is 0 Å². The second-order valence-electron chi connectivity index (χ2n) is 5.48. The molecular weight excluding hydrogens is 270 g/mol. The van der Waals surface area contributed by atoms with E-state index in [1.54, 1.807) is 11.3 Å². The van der Waals surface area contributed by atoms with Crippen LogP contribution >= 0.6 is 11.3 Å². The predicted octanol–water partition coefficient (Wildman–Crippen LogP) is 2.11. The number of nitrogens with two attached hydrogens (primary N) is 1. The smallest absolute Gasteiger partial charge is 0.0951 e. The Bertz CT molecular complexity index is 572. The largest absolute Gasteiger partial charge is 0.330 e. The molecule has 2 aromatic rings. The van der Waals surface area contributed by atoms with Crippen LogP contribution in [-0.4, -0.2) is 33.0 Å². The minimum Gasteiger partial charge on any atom is -0.330 e. The van der Waals surface area contributed by atoms with E-state index in [0.29, 0.717) is 12.6 Å². The number of likely N-dealkylation sites (N-methyl/N-ethyl adjacent to an activating group) is 1. The fourth-order valence-corrected chi connectivity index (χ4v) is 3.21. The lowest BCUT2D eigenvalue weighted by Gasteiger charge is -2.27. The third-order valence-corrected chi connectivity index (χ3v) is 4.63. The minimum atomic E-state index is 0.195. The molecule has 0 amide bonds. The van der Waals surface area contributed by atoms with Crippen LogP contribution < -0.4 is 5.73 Å². The average Bonchev–Trinajstić information content (AvgIpc) is 3.02. The molecule has 1 fully saturated rings. The second-order valence-corrected chi connectivity index (χ2v) is 6.54. The van der Waals surface area contributed by atoms with Crippen molar-refractivity contribution in [1.29, 1.82) is 0 Å². The summed E-state index contributed by atoms with van der Waals surface area (Å²) in [5, 5.41) is 3.23. The fourth-order valence-electron chi connectivity index (χ4n) is 2.60. The van der Waals surface area contributed by atoms with Gasteiger partial charge in [0.05, 0.1) is 28.8 Å². The Hall–Kier alpha value is -1.24. The molecule has 0 aromatic carbocycles. The van der Waals surface area contributed by atoms with Crippen molar-refractivity contribution in [2.45, 2.75) is 38.4 Å². The summed E-state index contributed by atoms with van der Waals surface area (Å²) < 4.78 is 2.29. The van der Waals surface area contributed by atoms with Crippen LogP contribution in [0.3, 0.4) is 0 Å². The Morgan fingerprint density at radius 1 is 1.55 bits per heavy atom. The number of imidazole rings is 1. The Balaban J connectivity index is 1.76. The van der Waals surface area contributed by atoms with Crippen LogP contribution in [0.25, 0.3) is 0 Å². The fraction of sp³-hybridized carbons (Fsp3) is 0.571. The molecule has 0 bridgehead atoms. The van der Waals surface area contributed by atoms with Gasteiger partial charge in [0.2, 0.25) is 0 Å². The topological polar surface area (TPSA) is 60.0 Å². The minimum absolute atomic E-state index is 0.195. The highest BCUT2D eigenvalue weighted by atomic mass is 32.1. The van der Waals surface area contributed by atoms with Gasteiger partial charge in [0.1, 0.15) is 0 Å². The van der Waals surface area contributed by atoms with Crippen molar-refractivity contribution in [3.05, 3.63) is 34.3 Å². The standard InChI is InChI=1S/C14H21N5S/c1-10-17-11(8-20-10)7-18(2)13(5-15)14-6-16-9-19(14)12-3-4-12/h6,8-9,12-13H,3-5,7,15H2,1-2H3. The highest BCUT2D eigenvalue weighted by Crippen LogP contribution is 2.37. The van der Waals surface area contributed by atoms with Gasteiger partial charge >= 0.3 is 0 Å². The monoisotopic (exact) mass is 291 g/mol. The zero-order valence-electron chi connectivity index (χ0n) is 12.0. The van der Waals surface area contributed by atoms with Crippen molar-refractivity contribution in [2.75, 3.05) is 13.6 Å². The number of hydrogen-bond donors (Lipinski definition) is 1. The molecule has 1 atom stereocenters. The molecule has 1 saturated carbocycles. The molecule has 0 aliphatic heterocycles. The number of aryl methyl sites for hydroxylation is 1. The SMILES string of the molecule is Cc1nc(CN(C)C(CN)c2cncn2C2CC2)cs1. The Labute approximate surface area is 123 Å². The normalized spacial score (nSPS) is 16.8. The van der Waals surface area contributed by atoms with E-state index < -0.39 is 0 Å². The third-order valence-electron chi connectivity index (χ3n) is 3.81. The first-order chi connectivity index (χ1) is 9.69. The number of hydrogen-bond acceptors (Lipinski definition) is 5. The first-order valence-electron chi connectivity index (χ1n) is 7.02. The first-order valence-corrected chi connectivity index (χ1v) is 7.90. The molecule has 108 valence electrons. The van der Waals surface area contributed by atoms with Crippen molar-refractivity contribution in [2.24, 2.45) is 5.73 Å². The van der Waals surface area contributed by atoms with Gasteiger partial charge in [0.15, 0.2) is 0 Å². The van der Waals surface area contributed by atoms with Gasteiger partial charge in [-0.1, -0.05) is 0 Å². The molecule has 0 spiro atoms. The zero-order valence-corrected chi connectivity index (χ0v) is 12.8. The molecule has 1 aliphatic carbocycles. The number of thiazole rings is 1. The predicted molar refractivity (Wildman–Crippen MR) is 80.6 cm³/mol. The van der Waals surface area contributed by atoms with Crippen LogP contribution in [0.1, 0.15) is 41.3 Å². The summed E-state index contributed by atoms with van der Waals surface area (Å²) in [4.78, 5) is 11.1. The summed E-state index contributed by atoms with van der Waals surface area (Å²) in [5.41, 5.74) is 8.36. The van der Waals surface area contributed by atoms with E-state index in [1.165, 1.54) is 18.5 Å². The molecule has 1 unspecified atom stereocenters. The number of aromatic nitrogens is 3. The van der Waals surface area contributed by atoms with Crippen LogP contribution in [0.4, 0.5) is 0 Å². The van der Waals surface area contributed by atoms with Crippen LogP contribution in [0.15, 0.2) is 17.9 Å². The van der Waals surface area contributed by atoms with Gasteiger partial charge in [-0.25, -0.2) is 9.97 Å². The van der Waals surface area contributed by atoms with Crippen LogP contribution in [-0.2, 0) is 6.54 Å². The van der Waals surface area contributed by atoms with Gasteiger partial charge in [-0.3, -0.25) is 4.90 Å². The van der Waals surface area contributed by atoms with E-state index in [0.717, 1.165) is 17.2 Å². The van der Waals surface area contributed by atoms with Crippen LogP contribution in [0, 0.1) is 6.92 Å². The molecule has 20 heavy (non-hydrogen) atoms. The van der Waals surface area contributed by atoms with Crippen molar-refractivity contribution in [3.8, 4) is 0 Å². The van der Waals surface area contributed by atoms with E-state index in [2.05, 4.69) is 31.9 Å². The van der Waals surface area contributed by atoms with E-state index in [4.69, 9.17) is 5.73 Å². The maximum absolute atomic E-state index is 6.01. The van der Waals surface area contributed by atoms with E-state index in [-0.39, 0.29) is 6.04 Å². The Kier molecular flexibility index (Phi) is 3.87. The summed E-state index contributed by atoms with van der Waals surface area (Å²) in [7, 11) is 2.11. The van der Waals surface area contributed by atoms with Gasteiger partial charge in [-0.15, -0.1) is 11.3 Å². The van der Waals surface area contributed by atoms with Gasteiger partial charge in [0.25, 0.3) is 0 Å². The Morgan fingerprint density at radius 3 is 2.95 bits per heavy atom. The summed E-state index contributed by atoms with van der Waals surface area (Å²) in [6.45, 7) is 3.46. The lowest BCUT2D eigenvalue weighted by molar-refractivity contribution is 0.230. The molecule has 3 rings (SSSR count). The molecule has 0 radical (unpaired) electrons. The average molecular weight is 291 g/mol. The molecule has 2 aromatic heterocycles. The van der Waals surface area contributed by atoms with E-state index in [9.17, 15) is 0 Å². The first kappa shape index (κ1) is 13.7. The quantitative estimate of drug-likeness (QED) is 0.885. The van der Waals surface area contributed by atoms with E-state index in [1.807, 2.05) is 19.4 Å².